The normalized spacial score (nSPS) is 20.9. The maximum absolute atomic E-state index is 10.8. The van der Waals surface area contributed by atoms with E-state index in [-0.39, 0.29) is 16.7 Å². The average molecular weight is 250 g/mol. The fraction of sp³-hybridized carbons (Fsp3) is 0.538. The van der Waals surface area contributed by atoms with Crippen molar-refractivity contribution in [3.05, 3.63) is 39.4 Å². The minimum atomic E-state index is -0.348. The maximum atomic E-state index is 10.8. The van der Waals surface area contributed by atoms with Crippen molar-refractivity contribution in [1.29, 1.82) is 0 Å². The van der Waals surface area contributed by atoms with Crippen LogP contribution in [0.1, 0.15) is 24.2 Å². The molecular weight excluding hydrogens is 232 g/mol. The first-order valence-electron chi connectivity index (χ1n) is 6.20. The van der Waals surface area contributed by atoms with Crippen LogP contribution >= 0.6 is 0 Å². The van der Waals surface area contributed by atoms with Gasteiger partial charge in [0.2, 0.25) is 0 Å². The van der Waals surface area contributed by atoms with Gasteiger partial charge >= 0.3 is 0 Å². The molecule has 1 aromatic rings. The van der Waals surface area contributed by atoms with Crippen molar-refractivity contribution in [2.75, 3.05) is 26.2 Å². The number of nitrogens with zero attached hydrogens (tertiary/aromatic N) is 2. The van der Waals surface area contributed by atoms with Gasteiger partial charge in [-0.25, -0.2) is 0 Å². The molecule has 5 nitrogen and oxygen atoms in total. The number of ether oxygens (including phenoxy) is 1. The predicted octanol–water partition coefficient (Wildman–Crippen LogP) is 2.30. The highest BCUT2D eigenvalue weighted by Gasteiger charge is 2.22. The number of nitro groups is 1. The van der Waals surface area contributed by atoms with Crippen molar-refractivity contribution in [2.45, 2.75) is 20.0 Å². The first kappa shape index (κ1) is 13.0. The van der Waals surface area contributed by atoms with Gasteiger partial charge in [-0.1, -0.05) is 6.92 Å². The van der Waals surface area contributed by atoms with Crippen LogP contribution in [0, 0.1) is 17.0 Å². The number of benzene rings is 1. The Morgan fingerprint density at radius 2 is 2.33 bits per heavy atom. The lowest BCUT2D eigenvalue weighted by Crippen LogP contribution is -2.38. The molecule has 18 heavy (non-hydrogen) atoms. The second-order valence-corrected chi connectivity index (χ2v) is 4.56. The van der Waals surface area contributed by atoms with Crippen LogP contribution in [0.2, 0.25) is 0 Å². The van der Waals surface area contributed by atoms with Gasteiger partial charge in [0, 0.05) is 24.7 Å². The summed E-state index contributed by atoms with van der Waals surface area (Å²) in [5.41, 5.74) is 1.88. The predicted molar refractivity (Wildman–Crippen MR) is 68.6 cm³/mol. The van der Waals surface area contributed by atoms with Gasteiger partial charge in [-0.15, -0.1) is 0 Å². The second kappa shape index (κ2) is 5.46. The first-order chi connectivity index (χ1) is 8.61. The maximum Gasteiger partial charge on any atom is 0.272 e. The zero-order chi connectivity index (χ0) is 13.1. The molecule has 1 fully saturated rings. The molecule has 0 N–H and O–H groups in total. The molecule has 1 aromatic carbocycles. The van der Waals surface area contributed by atoms with Gasteiger partial charge in [-0.3, -0.25) is 15.0 Å². The molecule has 98 valence electrons. The van der Waals surface area contributed by atoms with Crippen molar-refractivity contribution < 1.29 is 9.66 Å². The van der Waals surface area contributed by atoms with E-state index in [1.54, 1.807) is 19.1 Å². The lowest BCUT2D eigenvalue weighted by atomic mass is 10.0. The summed E-state index contributed by atoms with van der Waals surface area (Å²) in [5.74, 6) is 0. The summed E-state index contributed by atoms with van der Waals surface area (Å²) in [4.78, 5) is 12.8. The summed E-state index contributed by atoms with van der Waals surface area (Å²) >= 11 is 0. The van der Waals surface area contributed by atoms with Gasteiger partial charge in [0.25, 0.3) is 5.69 Å². The Bertz CT molecular complexity index is 448. The van der Waals surface area contributed by atoms with Crippen LogP contribution in [0.4, 0.5) is 5.69 Å². The van der Waals surface area contributed by atoms with Crippen LogP contribution in [-0.4, -0.2) is 36.1 Å². The molecule has 0 amide bonds. The molecule has 1 aliphatic heterocycles. The molecule has 1 heterocycles. The van der Waals surface area contributed by atoms with Gasteiger partial charge in [0.05, 0.1) is 17.6 Å². The zero-order valence-corrected chi connectivity index (χ0v) is 10.8. The molecule has 1 aliphatic rings. The Morgan fingerprint density at radius 1 is 1.56 bits per heavy atom. The van der Waals surface area contributed by atoms with E-state index in [0.29, 0.717) is 12.2 Å². The molecule has 0 radical (unpaired) electrons. The zero-order valence-electron chi connectivity index (χ0n) is 10.8. The summed E-state index contributed by atoms with van der Waals surface area (Å²) in [6, 6.07) is 5.23. The number of aryl methyl sites for hydroxylation is 1. The summed E-state index contributed by atoms with van der Waals surface area (Å²) in [7, 11) is 0. The lowest BCUT2D eigenvalue weighted by Gasteiger charge is -2.32. The fourth-order valence-corrected chi connectivity index (χ4v) is 2.28. The third-order valence-electron chi connectivity index (χ3n) is 3.39. The van der Waals surface area contributed by atoms with E-state index in [9.17, 15) is 10.1 Å². The number of rotatable bonds is 3. The molecule has 0 aliphatic carbocycles. The summed E-state index contributed by atoms with van der Waals surface area (Å²) in [5, 5.41) is 10.8. The van der Waals surface area contributed by atoms with E-state index in [0.717, 1.165) is 25.2 Å². The van der Waals surface area contributed by atoms with Crippen molar-refractivity contribution in [2.24, 2.45) is 0 Å². The number of morpholine rings is 1. The van der Waals surface area contributed by atoms with Crippen LogP contribution in [0.3, 0.4) is 0 Å². The van der Waals surface area contributed by atoms with E-state index >= 15 is 0 Å². The smallest absolute Gasteiger partial charge is 0.272 e. The lowest BCUT2D eigenvalue weighted by molar-refractivity contribution is -0.385. The number of nitro benzene ring substituents is 1. The summed E-state index contributed by atoms with van der Waals surface area (Å²) in [6.07, 6.45) is 0.0261. The standard InChI is InChI=1S/C13H18N2O3/c1-3-14-6-7-18-13(9-14)11-4-5-12(15(16)17)10(2)8-11/h4-5,8,13H,3,6-7,9H2,1-2H3/t13-/m1/s1. The first-order valence-corrected chi connectivity index (χ1v) is 6.20. The average Bonchev–Trinajstić information content (AvgIpc) is 2.38. The van der Waals surface area contributed by atoms with E-state index < -0.39 is 0 Å². The fourth-order valence-electron chi connectivity index (χ4n) is 2.28. The number of likely N-dealkylation sites (N-methyl/N-ethyl adjacent to an activating group) is 1. The van der Waals surface area contributed by atoms with Crippen molar-refractivity contribution in [1.82, 2.24) is 4.90 Å². The van der Waals surface area contributed by atoms with E-state index in [2.05, 4.69) is 11.8 Å². The van der Waals surface area contributed by atoms with Crippen LogP contribution < -0.4 is 0 Å². The van der Waals surface area contributed by atoms with Crippen molar-refractivity contribution in [3.8, 4) is 0 Å². The largest absolute Gasteiger partial charge is 0.371 e. The van der Waals surface area contributed by atoms with Gasteiger partial charge in [0.1, 0.15) is 0 Å². The Kier molecular flexibility index (Phi) is 3.93. The monoisotopic (exact) mass is 250 g/mol. The Labute approximate surface area is 107 Å². The molecule has 0 aromatic heterocycles. The third kappa shape index (κ3) is 2.68. The van der Waals surface area contributed by atoms with Gasteiger partial charge in [-0.2, -0.15) is 0 Å². The molecule has 0 unspecified atom stereocenters. The molecule has 0 bridgehead atoms. The van der Waals surface area contributed by atoms with E-state index in [1.165, 1.54) is 0 Å². The minimum absolute atomic E-state index is 0.0261. The molecule has 2 rings (SSSR count). The minimum Gasteiger partial charge on any atom is -0.371 e. The highest BCUT2D eigenvalue weighted by atomic mass is 16.6. The Hall–Kier alpha value is -1.46. The number of hydrogen-bond acceptors (Lipinski definition) is 4. The van der Waals surface area contributed by atoms with Crippen LogP contribution in [0.5, 0.6) is 0 Å². The molecule has 1 atom stereocenters. The van der Waals surface area contributed by atoms with Crippen LogP contribution in [0.25, 0.3) is 0 Å². The molecular formula is C13H18N2O3. The molecule has 5 heteroatoms. The van der Waals surface area contributed by atoms with E-state index in [1.807, 2.05) is 6.07 Å². The number of hydrogen-bond donors (Lipinski definition) is 0. The van der Waals surface area contributed by atoms with Crippen molar-refractivity contribution >= 4 is 5.69 Å². The third-order valence-corrected chi connectivity index (χ3v) is 3.39. The Balaban J connectivity index is 2.18. The van der Waals surface area contributed by atoms with Crippen LogP contribution in [0.15, 0.2) is 18.2 Å². The summed E-state index contributed by atoms with van der Waals surface area (Å²) < 4.78 is 5.74. The Morgan fingerprint density at radius 3 is 2.94 bits per heavy atom. The second-order valence-electron chi connectivity index (χ2n) is 4.56. The van der Waals surface area contributed by atoms with E-state index in [4.69, 9.17) is 4.74 Å². The highest BCUT2D eigenvalue weighted by molar-refractivity contribution is 5.42. The highest BCUT2D eigenvalue weighted by Crippen LogP contribution is 2.26. The van der Waals surface area contributed by atoms with Crippen LogP contribution in [-0.2, 0) is 4.74 Å². The van der Waals surface area contributed by atoms with Gasteiger partial charge < -0.3 is 4.74 Å². The molecule has 0 saturated carbocycles. The summed E-state index contributed by atoms with van der Waals surface area (Å²) in [6.45, 7) is 7.43. The molecule has 1 saturated heterocycles. The van der Waals surface area contributed by atoms with Gasteiger partial charge in [-0.05, 0) is 31.2 Å². The SMILES string of the molecule is CCN1CCO[C@@H](c2ccc([N+](=O)[O-])c(C)c2)C1. The quantitative estimate of drug-likeness (QED) is 0.610. The van der Waals surface area contributed by atoms with Crippen molar-refractivity contribution in [3.63, 3.8) is 0 Å². The molecule has 0 spiro atoms. The van der Waals surface area contributed by atoms with Gasteiger partial charge in [0.15, 0.2) is 0 Å². The topological polar surface area (TPSA) is 55.6 Å².